The van der Waals surface area contributed by atoms with Crippen LogP contribution in [0, 0.1) is 6.92 Å². The van der Waals surface area contributed by atoms with Crippen LogP contribution in [0.3, 0.4) is 0 Å². The molecule has 9 nitrogen and oxygen atoms in total. The molecule has 3 aromatic rings. The molecule has 2 fully saturated rings. The molecule has 2 saturated heterocycles. The van der Waals surface area contributed by atoms with Gasteiger partial charge in [-0.15, -0.1) is 0 Å². The van der Waals surface area contributed by atoms with Crippen molar-refractivity contribution in [1.29, 1.82) is 0 Å². The number of hydrogen-bond acceptors (Lipinski definition) is 9. The van der Waals surface area contributed by atoms with E-state index < -0.39 is 0 Å². The molecular formula is C29H31N5O4S2. The minimum Gasteiger partial charge on any atom is -0.454 e. The first-order valence-corrected chi connectivity index (χ1v) is 14.7. The van der Waals surface area contributed by atoms with Gasteiger partial charge in [0.1, 0.15) is 15.8 Å². The van der Waals surface area contributed by atoms with Crippen LogP contribution in [0.25, 0.3) is 11.7 Å². The summed E-state index contributed by atoms with van der Waals surface area (Å²) in [6.45, 7) is 10.0. The number of fused-ring (bicyclic) bond motifs is 2. The van der Waals surface area contributed by atoms with E-state index >= 15 is 0 Å². The normalized spacial score (nSPS) is 19.3. The highest BCUT2D eigenvalue weighted by atomic mass is 32.2. The monoisotopic (exact) mass is 577 g/mol. The number of pyridine rings is 1. The third kappa shape index (κ3) is 4.97. The van der Waals surface area contributed by atoms with Gasteiger partial charge >= 0.3 is 0 Å². The quantitative estimate of drug-likeness (QED) is 0.318. The summed E-state index contributed by atoms with van der Waals surface area (Å²) in [6.07, 6.45) is 4.28. The number of thiocarbonyl (C=S) groups is 1. The average Bonchev–Trinajstić information content (AvgIpc) is 3.53. The van der Waals surface area contributed by atoms with Crippen LogP contribution >= 0.6 is 24.0 Å². The summed E-state index contributed by atoms with van der Waals surface area (Å²) < 4.78 is 13.1. The van der Waals surface area contributed by atoms with Gasteiger partial charge in [-0.05, 0) is 55.7 Å². The van der Waals surface area contributed by atoms with Crippen LogP contribution in [-0.2, 0) is 11.3 Å². The molecule has 1 atom stereocenters. The fourth-order valence-electron chi connectivity index (χ4n) is 5.20. The van der Waals surface area contributed by atoms with E-state index in [0.717, 1.165) is 43.1 Å². The van der Waals surface area contributed by atoms with Crippen molar-refractivity contribution in [3.63, 3.8) is 0 Å². The summed E-state index contributed by atoms with van der Waals surface area (Å²) in [5, 5.41) is 0. The molecule has 0 bridgehead atoms. The molecular weight excluding hydrogens is 546 g/mol. The Bertz CT molecular complexity index is 1600. The number of aryl methyl sites for hydroxylation is 1. The molecule has 3 aliphatic rings. The molecule has 1 unspecified atom stereocenters. The molecule has 0 N–H and O–H groups in total. The van der Waals surface area contributed by atoms with Gasteiger partial charge in [0.05, 0.1) is 10.5 Å². The fourth-order valence-corrected chi connectivity index (χ4v) is 6.65. The number of carbonyl (C=O) groups excluding carboxylic acids is 1. The first-order valence-electron chi connectivity index (χ1n) is 13.5. The Hall–Kier alpha value is -3.41. The van der Waals surface area contributed by atoms with Crippen LogP contribution in [0.4, 0.5) is 5.82 Å². The van der Waals surface area contributed by atoms with Crippen molar-refractivity contribution in [3.8, 4) is 11.5 Å². The lowest BCUT2D eigenvalue weighted by Crippen LogP contribution is -2.47. The summed E-state index contributed by atoms with van der Waals surface area (Å²) in [5.41, 5.74) is 2.92. The van der Waals surface area contributed by atoms with Crippen molar-refractivity contribution in [3.05, 3.63) is 68.5 Å². The highest BCUT2D eigenvalue weighted by Crippen LogP contribution is 2.36. The lowest BCUT2D eigenvalue weighted by atomic mass is 10.1. The molecule has 1 aromatic carbocycles. The Labute approximate surface area is 242 Å². The fraction of sp³-hybridized carbons (Fsp3) is 0.379. The van der Waals surface area contributed by atoms with Gasteiger partial charge in [-0.25, -0.2) is 4.98 Å². The largest absolute Gasteiger partial charge is 0.454 e. The third-order valence-electron chi connectivity index (χ3n) is 7.63. The summed E-state index contributed by atoms with van der Waals surface area (Å²) in [5.74, 6) is 2.02. The van der Waals surface area contributed by atoms with Crippen molar-refractivity contribution in [2.75, 3.05) is 37.9 Å². The van der Waals surface area contributed by atoms with Gasteiger partial charge in [-0.2, -0.15) is 0 Å². The summed E-state index contributed by atoms with van der Waals surface area (Å²) in [7, 11) is 0. The molecule has 208 valence electrons. The maximum absolute atomic E-state index is 13.8. The number of amides is 1. The topological polar surface area (TPSA) is 79.6 Å². The standard InChI is InChI=1S/C29H31N5O4S2/c1-4-19(3)34-28(36)24(40-29(34)39)14-21-26(30-25-8-5-18(2)15-33(25)27(21)35)32-11-9-31(10-12-32)16-20-6-7-22-23(13-20)38-17-37-22/h5-8,13-15,19H,4,9-12,16-17H2,1-3H3. The second-order valence-corrected chi connectivity index (χ2v) is 12.0. The number of anilines is 1. The van der Waals surface area contributed by atoms with Gasteiger partial charge in [-0.3, -0.25) is 23.8 Å². The number of ether oxygens (including phenoxy) is 2. The lowest BCUT2D eigenvalue weighted by molar-refractivity contribution is -0.123. The van der Waals surface area contributed by atoms with Gasteiger partial charge < -0.3 is 14.4 Å². The van der Waals surface area contributed by atoms with Crippen LogP contribution in [0.15, 0.2) is 46.2 Å². The van der Waals surface area contributed by atoms with E-state index in [1.165, 1.54) is 17.3 Å². The Morgan fingerprint density at radius 3 is 2.65 bits per heavy atom. The minimum absolute atomic E-state index is 0.00539. The Morgan fingerprint density at radius 1 is 1.10 bits per heavy atom. The van der Waals surface area contributed by atoms with E-state index in [-0.39, 0.29) is 24.3 Å². The van der Waals surface area contributed by atoms with Crippen LogP contribution < -0.4 is 19.9 Å². The predicted molar refractivity (Wildman–Crippen MR) is 161 cm³/mol. The highest BCUT2D eigenvalue weighted by Gasteiger charge is 2.35. The molecule has 0 spiro atoms. The number of thioether (sulfide) groups is 1. The molecule has 11 heteroatoms. The third-order valence-corrected chi connectivity index (χ3v) is 8.96. The van der Waals surface area contributed by atoms with Gasteiger partial charge in [0.25, 0.3) is 11.5 Å². The maximum atomic E-state index is 13.8. The summed E-state index contributed by atoms with van der Waals surface area (Å²) >= 11 is 6.78. The van der Waals surface area contributed by atoms with Crippen LogP contribution in [0.1, 0.15) is 37.0 Å². The van der Waals surface area contributed by atoms with Crippen molar-refractivity contribution >= 4 is 51.7 Å². The Kier molecular flexibility index (Phi) is 7.28. The molecule has 0 aliphatic carbocycles. The number of carbonyl (C=O) groups is 1. The molecule has 40 heavy (non-hydrogen) atoms. The molecule has 1 amide bonds. The molecule has 6 rings (SSSR count). The highest BCUT2D eigenvalue weighted by molar-refractivity contribution is 8.26. The molecule has 0 radical (unpaired) electrons. The maximum Gasteiger partial charge on any atom is 0.267 e. The SMILES string of the molecule is CCC(C)N1C(=O)C(=Cc2c(N3CCN(Cc4ccc5c(c4)OCO5)CC3)nc3ccc(C)cn3c2=O)SC1=S. The number of rotatable bonds is 6. The number of aromatic nitrogens is 2. The van der Waals surface area contributed by atoms with Crippen LogP contribution in [0.5, 0.6) is 11.5 Å². The molecule has 2 aromatic heterocycles. The van der Waals surface area contributed by atoms with Gasteiger partial charge in [0.15, 0.2) is 11.5 Å². The van der Waals surface area contributed by atoms with E-state index in [1.54, 1.807) is 21.6 Å². The minimum atomic E-state index is -0.194. The van der Waals surface area contributed by atoms with Crippen LogP contribution in [0.2, 0.25) is 0 Å². The molecule has 5 heterocycles. The number of hydrogen-bond donors (Lipinski definition) is 0. The molecule has 0 saturated carbocycles. The van der Waals surface area contributed by atoms with Crippen molar-refractivity contribution in [2.45, 2.75) is 39.8 Å². The van der Waals surface area contributed by atoms with Gasteiger partial charge in [0, 0.05) is 45.0 Å². The zero-order chi connectivity index (χ0) is 28.0. The average molecular weight is 578 g/mol. The summed E-state index contributed by atoms with van der Waals surface area (Å²) in [6, 6.07) is 9.87. The van der Waals surface area contributed by atoms with E-state index in [2.05, 4.69) is 15.9 Å². The van der Waals surface area contributed by atoms with Crippen molar-refractivity contribution in [2.24, 2.45) is 0 Å². The zero-order valence-corrected chi connectivity index (χ0v) is 24.4. The Balaban J connectivity index is 1.29. The number of piperazine rings is 1. The van der Waals surface area contributed by atoms with Crippen LogP contribution in [-0.4, -0.2) is 68.4 Å². The second-order valence-electron chi connectivity index (χ2n) is 10.3. The van der Waals surface area contributed by atoms with E-state index in [4.69, 9.17) is 26.7 Å². The second kappa shape index (κ2) is 10.9. The number of benzene rings is 1. The van der Waals surface area contributed by atoms with Crippen molar-refractivity contribution in [1.82, 2.24) is 19.2 Å². The number of nitrogens with zero attached hydrogens (tertiary/aromatic N) is 5. The van der Waals surface area contributed by atoms with Gasteiger partial charge in [-0.1, -0.05) is 43.0 Å². The van der Waals surface area contributed by atoms with Crippen molar-refractivity contribution < 1.29 is 14.3 Å². The van der Waals surface area contributed by atoms with E-state index in [9.17, 15) is 9.59 Å². The predicted octanol–water partition coefficient (Wildman–Crippen LogP) is 4.05. The summed E-state index contributed by atoms with van der Waals surface area (Å²) in [4.78, 5) is 38.7. The van der Waals surface area contributed by atoms with E-state index in [1.807, 2.05) is 45.0 Å². The van der Waals surface area contributed by atoms with E-state index in [0.29, 0.717) is 39.3 Å². The molecule has 3 aliphatic heterocycles. The smallest absolute Gasteiger partial charge is 0.267 e. The lowest BCUT2D eigenvalue weighted by Gasteiger charge is -2.36. The first-order chi connectivity index (χ1) is 19.3. The Morgan fingerprint density at radius 2 is 1.88 bits per heavy atom. The first kappa shape index (κ1) is 26.8. The zero-order valence-electron chi connectivity index (χ0n) is 22.8. The van der Waals surface area contributed by atoms with Gasteiger partial charge in [0.2, 0.25) is 6.79 Å².